The van der Waals surface area contributed by atoms with Crippen LogP contribution in [0.4, 0.5) is 19.0 Å². The molecule has 0 atom stereocenters. The lowest BCUT2D eigenvalue weighted by atomic mass is 10.3. The molecule has 0 amide bonds. The van der Waals surface area contributed by atoms with Crippen LogP contribution >= 0.6 is 27.5 Å². The first-order valence-electron chi connectivity index (χ1n) is 4.01. The van der Waals surface area contributed by atoms with Gasteiger partial charge in [-0.3, -0.25) is 0 Å². The second kappa shape index (κ2) is 5.55. The van der Waals surface area contributed by atoms with Crippen LogP contribution in [0.2, 0.25) is 5.02 Å². The van der Waals surface area contributed by atoms with Crippen LogP contribution in [0, 0.1) is 0 Å². The lowest BCUT2D eigenvalue weighted by molar-refractivity contribution is -0.141. The summed E-state index contributed by atoms with van der Waals surface area (Å²) < 4.78 is 36.7. The summed E-state index contributed by atoms with van der Waals surface area (Å²) in [5.74, 6) is -0.239. The predicted octanol–water partition coefficient (Wildman–Crippen LogP) is 4.12. The predicted molar refractivity (Wildman–Crippen MR) is 57.7 cm³/mol. The Balaban J connectivity index is 0.000000921. The van der Waals surface area contributed by atoms with Crippen molar-refractivity contribution in [2.75, 3.05) is 5.73 Å². The Kier molecular flexibility index (Phi) is 5.37. The largest absolute Gasteiger partial charge is 0.434 e. The maximum atomic E-state index is 12.1. The van der Waals surface area contributed by atoms with Gasteiger partial charge in [-0.1, -0.05) is 25.4 Å². The summed E-state index contributed by atoms with van der Waals surface area (Å²) in [5, 5.41) is -0.478. The Morgan fingerprint density at radius 1 is 1.40 bits per heavy atom. The van der Waals surface area contributed by atoms with Crippen molar-refractivity contribution >= 4 is 33.3 Å². The molecule has 86 valence electrons. The lowest BCUT2D eigenvalue weighted by Gasteiger charge is -2.08. The smallest absolute Gasteiger partial charge is 0.383 e. The fourth-order valence-electron chi connectivity index (χ4n) is 0.680. The molecule has 0 fully saturated rings. The maximum Gasteiger partial charge on any atom is 0.434 e. The van der Waals surface area contributed by atoms with Crippen LogP contribution in [-0.2, 0) is 6.18 Å². The number of hydrogen-bond acceptors (Lipinski definition) is 2. The van der Waals surface area contributed by atoms with Crippen LogP contribution in [0.25, 0.3) is 0 Å². The van der Waals surface area contributed by atoms with Gasteiger partial charge in [0.2, 0.25) is 0 Å². The lowest BCUT2D eigenvalue weighted by Crippen LogP contribution is -2.10. The van der Waals surface area contributed by atoms with E-state index in [9.17, 15) is 13.2 Å². The molecule has 0 saturated carbocycles. The van der Waals surface area contributed by atoms with Gasteiger partial charge < -0.3 is 5.73 Å². The monoisotopic (exact) mass is 304 g/mol. The first kappa shape index (κ1) is 14.5. The van der Waals surface area contributed by atoms with Crippen molar-refractivity contribution in [3.05, 3.63) is 21.3 Å². The number of hydrogen-bond donors (Lipinski definition) is 1. The number of halogens is 5. The zero-order valence-electron chi connectivity index (χ0n) is 7.99. The third-order valence-electron chi connectivity index (χ3n) is 1.23. The van der Waals surface area contributed by atoms with Gasteiger partial charge in [-0.15, -0.1) is 0 Å². The Bertz CT molecular complexity index is 341. The molecule has 1 heterocycles. The van der Waals surface area contributed by atoms with Gasteiger partial charge in [0, 0.05) is 0 Å². The molecule has 1 aromatic rings. The second-order valence-electron chi connectivity index (χ2n) is 2.18. The molecule has 0 spiro atoms. The van der Waals surface area contributed by atoms with E-state index in [1.54, 1.807) is 0 Å². The topological polar surface area (TPSA) is 38.9 Å². The fourth-order valence-corrected chi connectivity index (χ4v) is 1.39. The van der Waals surface area contributed by atoms with Crippen molar-refractivity contribution in [2.24, 2.45) is 0 Å². The number of nitrogens with zero attached hydrogens (tertiary/aromatic N) is 1. The van der Waals surface area contributed by atoms with Crippen molar-refractivity contribution in [3.63, 3.8) is 0 Å². The van der Waals surface area contributed by atoms with Crippen LogP contribution in [0.5, 0.6) is 0 Å². The molecule has 1 aromatic heterocycles. The van der Waals surface area contributed by atoms with E-state index in [4.69, 9.17) is 17.3 Å². The number of nitrogens with two attached hydrogens (primary N) is 1. The molecule has 0 aromatic carbocycles. The van der Waals surface area contributed by atoms with Crippen molar-refractivity contribution in [1.29, 1.82) is 0 Å². The van der Waals surface area contributed by atoms with Crippen LogP contribution in [0.3, 0.4) is 0 Å². The molecular weight excluding hydrogens is 296 g/mol. The Morgan fingerprint density at radius 2 is 1.87 bits per heavy atom. The zero-order valence-corrected chi connectivity index (χ0v) is 10.3. The Hall–Kier alpha value is -0.490. The minimum atomic E-state index is -4.58. The van der Waals surface area contributed by atoms with Gasteiger partial charge in [0.15, 0.2) is 5.69 Å². The third kappa shape index (κ3) is 3.87. The van der Waals surface area contributed by atoms with Gasteiger partial charge in [-0.2, -0.15) is 13.2 Å². The number of pyridine rings is 1. The summed E-state index contributed by atoms with van der Waals surface area (Å²) in [6.07, 6.45) is -4.58. The second-order valence-corrected chi connectivity index (χ2v) is 3.45. The molecule has 0 unspecified atom stereocenters. The van der Waals surface area contributed by atoms with E-state index in [1.165, 1.54) is 0 Å². The normalized spacial score (nSPS) is 10.6. The number of nitrogen functional groups attached to an aromatic ring is 1. The van der Waals surface area contributed by atoms with Crippen LogP contribution < -0.4 is 5.73 Å². The van der Waals surface area contributed by atoms with Crippen LogP contribution in [0.1, 0.15) is 19.5 Å². The number of aromatic nitrogens is 1. The van der Waals surface area contributed by atoms with Gasteiger partial charge in [0.1, 0.15) is 5.82 Å². The van der Waals surface area contributed by atoms with Gasteiger partial charge in [-0.05, 0) is 22.0 Å². The Morgan fingerprint density at radius 3 is 2.27 bits per heavy atom. The van der Waals surface area contributed by atoms with Gasteiger partial charge in [0.25, 0.3) is 0 Å². The average Bonchev–Trinajstić information content (AvgIpc) is 2.13. The van der Waals surface area contributed by atoms with Crippen molar-refractivity contribution in [1.82, 2.24) is 4.98 Å². The molecule has 0 saturated heterocycles. The highest BCUT2D eigenvalue weighted by atomic mass is 79.9. The number of anilines is 1. The summed E-state index contributed by atoms with van der Waals surface area (Å²) >= 11 is 8.23. The standard InChI is InChI=1S/C6H3BrClF3N2.C2H6/c7-2-1-3(8)4(6(9,10)11)13-5(2)12;1-2/h1H,(H2,12,13);1-2H3. The van der Waals surface area contributed by atoms with Gasteiger partial charge in [-0.25, -0.2) is 4.98 Å². The SMILES string of the molecule is CC.Nc1nc(C(F)(F)F)c(Cl)cc1Br. The van der Waals surface area contributed by atoms with E-state index in [0.29, 0.717) is 0 Å². The van der Waals surface area contributed by atoms with Gasteiger partial charge in [0.05, 0.1) is 9.50 Å². The summed E-state index contributed by atoms with van der Waals surface area (Å²) in [6.45, 7) is 4.00. The molecule has 15 heavy (non-hydrogen) atoms. The first-order valence-corrected chi connectivity index (χ1v) is 5.18. The van der Waals surface area contributed by atoms with Crippen molar-refractivity contribution in [2.45, 2.75) is 20.0 Å². The third-order valence-corrected chi connectivity index (χ3v) is 2.15. The average molecular weight is 306 g/mol. The summed E-state index contributed by atoms with van der Waals surface area (Å²) in [6, 6.07) is 1.06. The molecule has 0 bridgehead atoms. The Labute approximate surface area is 98.8 Å². The van der Waals surface area contributed by atoms with E-state index in [2.05, 4.69) is 20.9 Å². The molecule has 2 nitrogen and oxygen atoms in total. The molecule has 0 aliphatic rings. The maximum absolute atomic E-state index is 12.1. The first-order chi connectivity index (χ1) is 6.82. The summed E-state index contributed by atoms with van der Waals surface area (Å²) in [4.78, 5) is 3.12. The summed E-state index contributed by atoms with van der Waals surface area (Å²) in [5.41, 5.74) is 4.00. The molecule has 1 rings (SSSR count). The minimum Gasteiger partial charge on any atom is -0.383 e. The van der Waals surface area contributed by atoms with E-state index < -0.39 is 16.9 Å². The molecule has 0 aliphatic carbocycles. The van der Waals surface area contributed by atoms with Crippen molar-refractivity contribution in [3.8, 4) is 0 Å². The van der Waals surface area contributed by atoms with E-state index >= 15 is 0 Å². The number of alkyl halides is 3. The van der Waals surface area contributed by atoms with E-state index in [-0.39, 0.29) is 10.3 Å². The van der Waals surface area contributed by atoms with Crippen LogP contribution in [-0.4, -0.2) is 4.98 Å². The molecular formula is C8H9BrClF3N2. The quantitative estimate of drug-likeness (QED) is 0.783. The molecule has 0 aliphatic heterocycles. The van der Waals surface area contributed by atoms with E-state index in [0.717, 1.165) is 6.07 Å². The molecule has 2 N–H and O–H groups in total. The van der Waals surface area contributed by atoms with Crippen LogP contribution in [0.15, 0.2) is 10.5 Å². The molecule has 7 heteroatoms. The molecule has 0 radical (unpaired) electrons. The fraction of sp³-hybridized carbons (Fsp3) is 0.375. The zero-order chi connectivity index (χ0) is 12.2. The number of rotatable bonds is 0. The minimum absolute atomic E-state index is 0.239. The highest BCUT2D eigenvalue weighted by Gasteiger charge is 2.35. The van der Waals surface area contributed by atoms with Crippen molar-refractivity contribution < 1.29 is 13.2 Å². The highest BCUT2D eigenvalue weighted by Crippen LogP contribution is 2.35. The highest BCUT2D eigenvalue weighted by molar-refractivity contribution is 9.10. The van der Waals surface area contributed by atoms with E-state index in [1.807, 2.05) is 13.8 Å². The summed E-state index contributed by atoms with van der Waals surface area (Å²) in [7, 11) is 0. The van der Waals surface area contributed by atoms with Gasteiger partial charge >= 0.3 is 6.18 Å².